The zero-order chi connectivity index (χ0) is 12.7. The first-order valence-corrected chi connectivity index (χ1v) is 7.71. The third-order valence-corrected chi connectivity index (χ3v) is 5.17. The molecule has 0 saturated carbocycles. The van der Waals surface area contributed by atoms with Crippen LogP contribution < -0.4 is 10.2 Å². The van der Waals surface area contributed by atoms with Gasteiger partial charge in [-0.1, -0.05) is 30.3 Å². The molecule has 3 nitrogen and oxygen atoms in total. The van der Waals surface area contributed by atoms with Crippen molar-refractivity contribution in [2.75, 3.05) is 24.5 Å². The van der Waals surface area contributed by atoms with Gasteiger partial charge in [-0.25, -0.2) is 4.98 Å². The van der Waals surface area contributed by atoms with E-state index in [2.05, 4.69) is 40.5 Å². The molecule has 1 N–H and O–H groups in total. The van der Waals surface area contributed by atoms with Crippen LogP contribution in [0.1, 0.15) is 22.1 Å². The zero-order valence-electron chi connectivity index (χ0n) is 10.8. The average Bonchev–Trinajstić information content (AvgIpc) is 2.81. The summed E-state index contributed by atoms with van der Waals surface area (Å²) in [6.07, 6.45) is 1.09. The van der Waals surface area contributed by atoms with E-state index in [0.717, 1.165) is 32.6 Å². The summed E-state index contributed by atoms with van der Waals surface area (Å²) in [5, 5.41) is 4.64. The fraction of sp³-hybridized carbons (Fsp3) is 0.400. The molecule has 1 saturated heterocycles. The van der Waals surface area contributed by atoms with Gasteiger partial charge in [-0.3, -0.25) is 0 Å². The summed E-state index contributed by atoms with van der Waals surface area (Å²) in [7, 11) is 0. The first-order valence-electron chi connectivity index (χ1n) is 6.89. The number of hydrogen-bond acceptors (Lipinski definition) is 4. The molecule has 0 aliphatic carbocycles. The molecule has 0 unspecified atom stereocenters. The molecule has 0 bridgehead atoms. The van der Waals surface area contributed by atoms with Crippen LogP contribution >= 0.6 is 11.3 Å². The van der Waals surface area contributed by atoms with Crippen LogP contribution in [0.3, 0.4) is 0 Å². The monoisotopic (exact) mass is 271 g/mol. The van der Waals surface area contributed by atoms with Gasteiger partial charge in [-0.2, -0.15) is 0 Å². The standard InChI is InChI=1S/C15H17N3S/c1-2-4-11(5-3-1)12-9-18(10-12)15-17-13-6-7-16-8-14(13)19-15/h1-5,12,16H,6-10H2. The van der Waals surface area contributed by atoms with Crippen molar-refractivity contribution in [1.82, 2.24) is 10.3 Å². The normalized spacial score (nSPS) is 19.1. The van der Waals surface area contributed by atoms with Crippen LogP contribution in [-0.2, 0) is 13.0 Å². The summed E-state index contributed by atoms with van der Waals surface area (Å²) >= 11 is 1.87. The van der Waals surface area contributed by atoms with Crippen molar-refractivity contribution in [3.63, 3.8) is 0 Å². The average molecular weight is 271 g/mol. The fourth-order valence-corrected chi connectivity index (χ4v) is 3.91. The molecule has 0 atom stereocenters. The largest absolute Gasteiger partial charge is 0.347 e. The van der Waals surface area contributed by atoms with Crippen LogP contribution in [-0.4, -0.2) is 24.6 Å². The third-order valence-electron chi connectivity index (χ3n) is 4.01. The van der Waals surface area contributed by atoms with Gasteiger partial charge in [0.05, 0.1) is 5.69 Å². The number of anilines is 1. The second kappa shape index (κ2) is 4.62. The SMILES string of the molecule is c1ccc(C2CN(c3nc4c(s3)CNCC4)C2)cc1. The second-order valence-corrected chi connectivity index (χ2v) is 6.37. The molecule has 19 heavy (non-hydrogen) atoms. The van der Waals surface area contributed by atoms with E-state index in [1.165, 1.54) is 21.3 Å². The molecule has 98 valence electrons. The Morgan fingerprint density at radius 1 is 1.21 bits per heavy atom. The minimum Gasteiger partial charge on any atom is -0.347 e. The highest BCUT2D eigenvalue weighted by Crippen LogP contribution is 2.35. The van der Waals surface area contributed by atoms with Crippen molar-refractivity contribution < 1.29 is 0 Å². The maximum absolute atomic E-state index is 4.81. The van der Waals surface area contributed by atoms with E-state index < -0.39 is 0 Å². The van der Waals surface area contributed by atoms with Gasteiger partial charge >= 0.3 is 0 Å². The van der Waals surface area contributed by atoms with Crippen LogP contribution in [0.2, 0.25) is 0 Å². The van der Waals surface area contributed by atoms with Crippen molar-refractivity contribution in [3.05, 3.63) is 46.5 Å². The van der Waals surface area contributed by atoms with Crippen molar-refractivity contribution in [2.24, 2.45) is 0 Å². The first-order chi connectivity index (χ1) is 9.40. The van der Waals surface area contributed by atoms with Gasteiger partial charge < -0.3 is 10.2 Å². The Kier molecular flexibility index (Phi) is 2.78. The van der Waals surface area contributed by atoms with Gasteiger partial charge in [0.25, 0.3) is 0 Å². The van der Waals surface area contributed by atoms with Crippen LogP contribution in [0.4, 0.5) is 5.13 Å². The summed E-state index contributed by atoms with van der Waals surface area (Å²) in [4.78, 5) is 8.66. The van der Waals surface area contributed by atoms with E-state index in [1.807, 2.05) is 11.3 Å². The number of rotatable bonds is 2. The van der Waals surface area contributed by atoms with Crippen molar-refractivity contribution in [3.8, 4) is 0 Å². The molecule has 2 aromatic rings. The molecule has 2 aliphatic heterocycles. The van der Waals surface area contributed by atoms with E-state index in [9.17, 15) is 0 Å². The molecule has 1 aromatic heterocycles. The third kappa shape index (κ3) is 2.05. The lowest BCUT2D eigenvalue weighted by atomic mass is 9.92. The molecule has 2 aliphatic rings. The fourth-order valence-electron chi connectivity index (χ4n) is 2.82. The van der Waals surface area contributed by atoms with Gasteiger partial charge in [-0.15, -0.1) is 11.3 Å². The smallest absolute Gasteiger partial charge is 0.185 e. The van der Waals surface area contributed by atoms with E-state index in [4.69, 9.17) is 4.98 Å². The maximum Gasteiger partial charge on any atom is 0.185 e. The number of aromatic nitrogens is 1. The second-order valence-electron chi connectivity index (χ2n) is 5.31. The summed E-state index contributed by atoms with van der Waals surface area (Å²) in [6, 6.07) is 10.8. The van der Waals surface area contributed by atoms with Crippen LogP contribution in [0.25, 0.3) is 0 Å². The Hall–Kier alpha value is -1.39. The molecule has 1 fully saturated rings. The molecule has 0 amide bonds. The first kappa shape index (κ1) is 11.4. The zero-order valence-corrected chi connectivity index (χ0v) is 11.6. The van der Waals surface area contributed by atoms with Crippen LogP contribution in [0.15, 0.2) is 30.3 Å². The highest BCUT2D eigenvalue weighted by molar-refractivity contribution is 7.15. The summed E-state index contributed by atoms with van der Waals surface area (Å²) in [6.45, 7) is 4.30. The number of nitrogens with zero attached hydrogens (tertiary/aromatic N) is 2. The lowest BCUT2D eigenvalue weighted by Crippen LogP contribution is -2.45. The summed E-state index contributed by atoms with van der Waals surface area (Å²) < 4.78 is 0. The quantitative estimate of drug-likeness (QED) is 0.909. The molecule has 4 heteroatoms. The minimum atomic E-state index is 0.681. The van der Waals surface area contributed by atoms with Crippen LogP contribution in [0, 0.1) is 0 Å². The van der Waals surface area contributed by atoms with Gasteiger partial charge in [0.15, 0.2) is 5.13 Å². The van der Waals surface area contributed by atoms with Crippen LogP contribution in [0.5, 0.6) is 0 Å². The molecule has 3 heterocycles. The van der Waals surface area contributed by atoms with Gasteiger partial charge in [0.1, 0.15) is 0 Å². The highest BCUT2D eigenvalue weighted by Gasteiger charge is 2.30. The lowest BCUT2D eigenvalue weighted by molar-refractivity contribution is 0.523. The molecular weight excluding hydrogens is 254 g/mol. The van der Waals surface area contributed by atoms with E-state index in [0.29, 0.717) is 5.92 Å². The number of thiazole rings is 1. The van der Waals surface area contributed by atoms with Gasteiger partial charge in [0.2, 0.25) is 0 Å². The van der Waals surface area contributed by atoms with Gasteiger partial charge in [-0.05, 0) is 5.56 Å². The number of benzene rings is 1. The van der Waals surface area contributed by atoms with Crippen molar-refractivity contribution >= 4 is 16.5 Å². The number of hydrogen-bond donors (Lipinski definition) is 1. The number of nitrogens with one attached hydrogen (secondary N) is 1. The number of fused-ring (bicyclic) bond motifs is 1. The Morgan fingerprint density at radius 2 is 2.05 bits per heavy atom. The predicted octanol–water partition coefficient (Wildman–Crippen LogP) is 2.39. The summed E-state index contributed by atoms with van der Waals surface area (Å²) in [5.41, 5.74) is 2.78. The highest BCUT2D eigenvalue weighted by atomic mass is 32.1. The molecule has 0 spiro atoms. The van der Waals surface area contributed by atoms with E-state index >= 15 is 0 Å². The maximum atomic E-state index is 4.81. The topological polar surface area (TPSA) is 28.2 Å². The summed E-state index contributed by atoms with van der Waals surface area (Å²) in [5.74, 6) is 0.681. The lowest BCUT2D eigenvalue weighted by Gasteiger charge is -2.39. The molecule has 4 rings (SSSR count). The Labute approximate surface area is 117 Å². The van der Waals surface area contributed by atoms with Crippen molar-refractivity contribution in [1.29, 1.82) is 0 Å². The Balaban J connectivity index is 1.47. The Morgan fingerprint density at radius 3 is 2.84 bits per heavy atom. The van der Waals surface area contributed by atoms with Gasteiger partial charge in [0, 0.05) is 43.4 Å². The van der Waals surface area contributed by atoms with E-state index in [-0.39, 0.29) is 0 Å². The predicted molar refractivity (Wildman–Crippen MR) is 78.9 cm³/mol. The van der Waals surface area contributed by atoms with E-state index in [1.54, 1.807) is 0 Å². The van der Waals surface area contributed by atoms with Crippen molar-refractivity contribution in [2.45, 2.75) is 18.9 Å². The minimum absolute atomic E-state index is 0.681. The molecule has 1 aromatic carbocycles. The molecule has 0 radical (unpaired) electrons. The molecular formula is C15H17N3S. The Bertz CT molecular complexity index is 549.